The first-order chi connectivity index (χ1) is 8.51. The molecule has 1 aromatic rings. The Balaban J connectivity index is 0.000000331. The van der Waals surface area contributed by atoms with Crippen LogP contribution in [0.3, 0.4) is 0 Å². The van der Waals surface area contributed by atoms with Crippen molar-refractivity contribution < 1.29 is 23.9 Å². The van der Waals surface area contributed by atoms with E-state index >= 15 is 0 Å². The summed E-state index contributed by atoms with van der Waals surface area (Å²) in [6, 6.07) is 8.88. The minimum absolute atomic E-state index is 0.291. The first-order valence-corrected chi connectivity index (χ1v) is 4.99. The fourth-order valence-electron chi connectivity index (χ4n) is 0.875. The normalized spacial score (nSPS) is 8.33. The number of esters is 3. The Kier molecular flexibility index (Phi) is 7.52. The predicted octanol–water partition coefficient (Wildman–Crippen LogP) is 1.74. The Hall–Kier alpha value is -2.43. The summed E-state index contributed by atoms with van der Waals surface area (Å²) in [7, 11) is 1.37. The highest BCUT2D eigenvalue weighted by molar-refractivity contribution is 5.90. The molecule has 0 unspecified atom stereocenters. The smallest absolute Gasteiger partial charge is 0.337 e. The summed E-state index contributed by atoms with van der Waals surface area (Å²) in [5.74, 6) is -1.62. The molecule has 0 aliphatic rings. The zero-order chi connectivity index (χ0) is 14.0. The second kappa shape index (κ2) is 8.69. The van der Waals surface area contributed by atoms with Crippen LogP contribution in [0.1, 0.15) is 17.3 Å². The molecular weight excluding hydrogens is 236 g/mol. The molecule has 0 aromatic heterocycles. The third kappa shape index (κ3) is 6.95. The van der Waals surface area contributed by atoms with Gasteiger partial charge in [0.15, 0.2) is 0 Å². The molecule has 1 rings (SSSR count). The Bertz CT molecular complexity index is 422. The maximum Gasteiger partial charge on any atom is 0.337 e. The van der Waals surface area contributed by atoms with E-state index in [1.165, 1.54) is 7.11 Å². The maximum absolute atomic E-state index is 10.8. The second-order valence-electron chi connectivity index (χ2n) is 2.97. The monoisotopic (exact) mass is 250 g/mol. The first-order valence-electron chi connectivity index (χ1n) is 4.99. The third-order valence-electron chi connectivity index (χ3n) is 1.61. The summed E-state index contributed by atoms with van der Waals surface area (Å²) < 4.78 is 8.50. The quantitative estimate of drug-likeness (QED) is 0.454. The third-order valence-corrected chi connectivity index (χ3v) is 1.61. The molecule has 0 atom stereocenters. The maximum atomic E-state index is 10.8. The number of hydrogen-bond acceptors (Lipinski definition) is 5. The van der Waals surface area contributed by atoms with E-state index in [0.717, 1.165) is 13.0 Å². The fraction of sp³-hybridized carbons (Fsp3) is 0.154. The van der Waals surface area contributed by atoms with Crippen molar-refractivity contribution in [2.45, 2.75) is 6.92 Å². The van der Waals surface area contributed by atoms with Crippen molar-refractivity contribution in [2.24, 2.45) is 0 Å². The number of carbonyl (C=O) groups excluding carboxylic acids is 3. The first kappa shape index (κ1) is 15.6. The Morgan fingerprint density at radius 3 is 2.06 bits per heavy atom. The zero-order valence-corrected chi connectivity index (χ0v) is 10.2. The molecule has 0 heterocycles. The average molecular weight is 250 g/mol. The molecule has 1 aromatic carbocycles. The van der Waals surface area contributed by atoms with Crippen LogP contribution in [0.5, 0.6) is 0 Å². The van der Waals surface area contributed by atoms with Crippen LogP contribution < -0.4 is 0 Å². The van der Waals surface area contributed by atoms with Crippen molar-refractivity contribution in [1.29, 1.82) is 0 Å². The Morgan fingerprint density at radius 2 is 1.72 bits per heavy atom. The highest BCUT2D eigenvalue weighted by Gasteiger charge is 2.00. The molecule has 0 N–H and O–H groups in total. The summed E-state index contributed by atoms with van der Waals surface area (Å²) in [4.78, 5) is 30.8. The standard InChI is InChI=1S/C8H8O2.C5H6O3/c1-10-8(9)7-5-3-2-4-6-7;1-3-5(7)8-4(2)6/h2-6H,1H3;3H,1H2,2H3. The van der Waals surface area contributed by atoms with Crippen LogP contribution in [0, 0.1) is 0 Å². The molecule has 0 spiro atoms. The van der Waals surface area contributed by atoms with Gasteiger partial charge in [0.1, 0.15) is 0 Å². The van der Waals surface area contributed by atoms with Crippen molar-refractivity contribution in [2.75, 3.05) is 7.11 Å². The topological polar surface area (TPSA) is 69.7 Å². The largest absolute Gasteiger partial charge is 0.465 e. The summed E-state index contributed by atoms with van der Waals surface area (Å²) in [6.07, 6.45) is 0.932. The zero-order valence-electron chi connectivity index (χ0n) is 10.2. The highest BCUT2D eigenvalue weighted by atomic mass is 16.6. The van der Waals surface area contributed by atoms with Crippen LogP contribution in [0.4, 0.5) is 0 Å². The highest BCUT2D eigenvalue weighted by Crippen LogP contribution is 1.98. The molecule has 5 heteroatoms. The van der Waals surface area contributed by atoms with Gasteiger partial charge in [0, 0.05) is 13.0 Å². The van der Waals surface area contributed by atoms with Crippen molar-refractivity contribution in [3.8, 4) is 0 Å². The summed E-state index contributed by atoms with van der Waals surface area (Å²) in [5.41, 5.74) is 0.588. The van der Waals surface area contributed by atoms with Crippen LogP contribution >= 0.6 is 0 Å². The van der Waals surface area contributed by atoms with Gasteiger partial charge in [-0.2, -0.15) is 0 Å². The van der Waals surface area contributed by atoms with Crippen LogP contribution in [0.25, 0.3) is 0 Å². The molecule has 96 valence electrons. The second-order valence-corrected chi connectivity index (χ2v) is 2.97. The van der Waals surface area contributed by atoms with E-state index in [1.54, 1.807) is 24.3 Å². The van der Waals surface area contributed by atoms with Gasteiger partial charge in [-0.3, -0.25) is 4.79 Å². The van der Waals surface area contributed by atoms with Crippen molar-refractivity contribution in [3.05, 3.63) is 48.6 Å². The van der Waals surface area contributed by atoms with Crippen LogP contribution in [0.15, 0.2) is 43.0 Å². The van der Waals surface area contributed by atoms with E-state index in [4.69, 9.17) is 0 Å². The molecule has 0 fully saturated rings. The number of carbonyl (C=O) groups is 3. The van der Waals surface area contributed by atoms with Crippen molar-refractivity contribution in [1.82, 2.24) is 0 Å². The molecule has 0 aliphatic carbocycles. The number of ether oxygens (including phenoxy) is 2. The molecule has 5 nitrogen and oxygen atoms in total. The van der Waals surface area contributed by atoms with Gasteiger partial charge in [0.05, 0.1) is 12.7 Å². The van der Waals surface area contributed by atoms with E-state index in [0.29, 0.717) is 5.56 Å². The van der Waals surface area contributed by atoms with Gasteiger partial charge >= 0.3 is 17.9 Å². The molecule has 0 radical (unpaired) electrons. The van der Waals surface area contributed by atoms with Gasteiger partial charge in [-0.1, -0.05) is 24.8 Å². The lowest BCUT2D eigenvalue weighted by Gasteiger charge is -1.95. The Labute approximate surface area is 105 Å². The number of benzene rings is 1. The van der Waals surface area contributed by atoms with E-state index in [2.05, 4.69) is 16.1 Å². The van der Waals surface area contributed by atoms with E-state index in [-0.39, 0.29) is 5.97 Å². The molecule has 0 saturated carbocycles. The van der Waals surface area contributed by atoms with Gasteiger partial charge in [0.2, 0.25) is 0 Å². The van der Waals surface area contributed by atoms with E-state index < -0.39 is 11.9 Å². The van der Waals surface area contributed by atoms with Gasteiger partial charge in [-0.25, -0.2) is 9.59 Å². The number of methoxy groups -OCH3 is 1. The van der Waals surface area contributed by atoms with Crippen LogP contribution in [-0.4, -0.2) is 25.0 Å². The van der Waals surface area contributed by atoms with Crippen molar-refractivity contribution in [3.63, 3.8) is 0 Å². The SMILES string of the molecule is C=CC(=O)OC(C)=O.COC(=O)c1ccccc1. The molecule has 0 aliphatic heterocycles. The van der Waals surface area contributed by atoms with Gasteiger partial charge in [-0.15, -0.1) is 0 Å². The molecular formula is C13H14O5. The van der Waals surface area contributed by atoms with Gasteiger partial charge in [-0.05, 0) is 12.1 Å². The minimum atomic E-state index is -0.711. The summed E-state index contributed by atoms with van der Waals surface area (Å²) in [5, 5.41) is 0. The van der Waals surface area contributed by atoms with Crippen LogP contribution in [-0.2, 0) is 19.1 Å². The number of hydrogen-bond donors (Lipinski definition) is 0. The molecule has 0 saturated heterocycles. The predicted molar refractivity (Wildman–Crippen MR) is 64.8 cm³/mol. The fourth-order valence-corrected chi connectivity index (χ4v) is 0.875. The van der Waals surface area contributed by atoms with Gasteiger partial charge in [0.25, 0.3) is 0 Å². The lowest BCUT2D eigenvalue weighted by atomic mass is 10.2. The number of rotatable bonds is 2. The van der Waals surface area contributed by atoms with E-state index in [9.17, 15) is 14.4 Å². The summed E-state index contributed by atoms with van der Waals surface area (Å²) in [6.45, 7) is 4.24. The van der Waals surface area contributed by atoms with Gasteiger partial charge < -0.3 is 9.47 Å². The molecule has 0 amide bonds. The van der Waals surface area contributed by atoms with Crippen molar-refractivity contribution >= 4 is 17.9 Å². The molecule has 18 heavy (non-hydrogen) atoms. The summed E-state index contributed by atoms with van der Waals surface area (Å²) >= 11 is 0. The minimum Gasteiger partial charge on any atom is -0.465 e. The van der Waals surface area contributed by atoms with Crippen LogP contribution in [0.2, 0.25) is 0 Å². The average Bonchev–Trinajstić information content (AvgIpc) is 2.38. The Morgan fingerprint density at radius 1 is 1.17 bits per heavy atom. The van der Waals surface area contributed by atoms with E-state index in [1.807, 2.05) is 6.07 Å². The lowest BCUT2D eigenvalue weighted by Crippen LogP contribution is -2.04. The molecule has 0 bridgehead atoms. The lowest BCUT2D eigenvalue weighted by molar-refractivity contribution is -0.154.